The lowest BCUT2D eigenvalue weighted by Crippen LogP contribution is -2.45. The van der Waals surface area contributed by atoms with Crippen LogP contribution in [0.2, 0.25) is 0 Å². The molecule has 3 aliphatic rings. The molecule has 0 spiro atoms. The molecule has 3 aromatic rings. The molecule has 35 heavy (non-hydrogen) atoms. The summed E-state index contributed by atoms with van der Waals surface area (Å²) in [6.45, 7) is 13.8. The van der Waals surface area contributed by atoms with Crippen molar-refractivity contribution in [1.82, 2.24) is 20.1 Å². The Morgan fingerprint density at radius 1 is 1.00 bits per heavy atom. The molecule has 1 aromatic carbocycles. The van der Waals surface area contributed by atoms with Crippen LogP contribution in [0.5, 0.6) is 0 Å². The first-order valence-electron chi connectivity index (χ1n) is 13.3. The van der Waals surface area contributed by atoms with Crippen LogP contribution >= 0.6 is 11.3 Å². The number of benzene rings is 1. The number of carbonyl (C=O) groups is 1. The van der Waals surface area contributed by atoms with Gasteiger partial charge in [0, 0.05) is 60.6 Å². The average Bonchev–Trinajstić information content (AvgIpc) is 3.60. The summed E-state index contributed by atoms with van der Waals surface area (Å²) in [5.41, 5.74) is 5.96. The Hall–Kier alpha value is -2.15. The van der Waals surface area contributed by atoms with Crippen molar-refractivity contribution < 1.29 is 4.79 Å². The van der Waals surface area contributed by atoms with Crippen molar-refractivity contribution >= 4 is 27.5 Å². The number of hydrogen-bond acceptors (Lipinski definition) is 4. The quantitative estimate of drug-likeness (QED) is 0.507. The first kappa shape index (κ1) is 23.3. The van der Waals surface area contributed by atoms with E-state index in [1.807, 2.05) is 0 Å². The van der Waals surface area contributed by atoms with Crippen molar-refractivity contribution in [1.29, 1.82) is 0 Å². The van der Waals surface area contributed by atoms with Gasteiger partial charge in [0.25, 0.3) is 0 Å². The molecule has 3 saturated heterocycles. The molecule has 3 fully saturated rings. The SMILES string of the molecule is Cc1cc(C)cc(-c2[nH]c3sc(C(C)(C)C(=O)N4C5CCC4CC5)cc3c2CN2CCNCC2)c1. The number of amides is 1. The number of fused-ring (bicyclic) bond motifs is 3. The molecule has 6 rings (SSSR count). The zero-order chi connectivity index (χ0) is 24.3. The van der Waals surface area contributed by atoms with Gasteiger partial charge in [-0.25, -0.2) is 0 Å². The number of piperazine rings is 1. The molecule has 0 unspecified atom stereocenters. The van der Waals surface area contributed by atoms with Gasteiger partial charge in [-0.2, -0.15) is 0 Å². The van der Waals surface area contributed by atoms with Gasteiger partial charge >= 0.3 is 0 Å². The number of rotatable bonds is 5. The molecule has 3 aliphatic heterocycles. The molecule has 5 nitrogen and oxygen atoms in total. The summed E-state index contributed by atoms with van der Waals surface area (Å²) in [4.78, 5) is 24.8. The maximum Gasteiger partial charge on any atom is 0.233 e. The van der Waals surface area contributed by atoms with Crippen LogP contribution in [0.3, 0.4) is 0 Å². The third kappa shape index (κ3) is 4.04. The van der Waals surface area contributed by atoms with Crippen molar-refractivity contribution in [3.63, 3.8) is 0 Å². The van der Waals surface area contributed by atoms with Crippen molar-refractivity contribution in [2.24, 2.45) is 0 Å². The fourth-order valence-corrected chi connectivity index (χ4v) is 7.82. The minimum atomic E-state index is -0.498. The van der Waals surface area contributed by atoms with Crippen LogP contribution < -0.4 is 5.32 Å². The van der Waals surface area contributed by atoms with Gasteiger partial charge in [-0.05, 0) is 77.1 Å². The second-order valence-corrected chi connectivity index (χ2v) is 12.6. The van der Waals surface area contributed by atoms with Crippen LogP contribution in [-0.2, 0) is 16.8 Å². The Morgan fingerprint density at radius 3 is 2.26 bits per heavy atom. The molecule has 0 saturated carbocycles. The summed E-state index contributed by atoms with van der Waals surface area (Å²) in [5.74, 6) is 0.324. The Labute approximate surface area is 212 Å². The first-order chi connectivity index (χ1) is 16.8. The Kier molecular flexibility index (Phi) is 5.82. The normalized spacial score (nSPS) is 23.0. The molecular formula is C29H38N4OS. The van der Waals surface area contributed by atoms with Gasteiger partial charge in [-0.3, -0.25) is 9.69 Å². The smallest absolute Gasteiger partial charge is 0.233 e. The van der Waals surface area contributed by atoms with Crippen LogP contribution in [0.1, 0.15) is 61.1 Å². The molecule has 0 atom stereocenters. The third-order valence-electron chi connectivity index (χ3n) is 8.54. The van der Waals surface area contributed by atoms with E-state index in [2.05, 4.69) is 72.1 Å². The number of aryl methyl sites for hydroxylation is 2. The van der Waals surface area contributed by atoms with Gasteiger partial charge in [-0.15, -0.1) is 11.3 Å². The first-order valence-corrected chi connectivity index (χ1v) is 14.1. The summed E-state index contributed by atoms with van der Waals surface area (Å²) in [6.07, 6.45) is 4.75. The van der Waals surface area contributed by atoms with Crippen molar-refractivity contribution in [2.45, 2.75) is 77.4 Å². The van der Waals surface area contributed by atoms with E-state index in [1.165, 1.54) is 68.7 Å². The zero-order valence-corrected chi connectivity index (χ0v) is 22.4. The van der Waals surface area contributed by atoms with Crippen LogP contribution in [0.15, 0.2) is 24.3 Å². The van der Waals surface area contributed by atoms with E-state index in [9.17, 15) is 4.79 Å². The summed E-state index contributed by atoms with van der Waals surface area (Å²) in [6, 6.07) is 10.1. The Morgan fingerprint density at radius 2 is 1.63 bits per heavy atom. The highest BCUT2D eigenvalue weighted by molar-refractivity contribution is 7.19. The molecule has 0 radical (unpaired) electrons. The maximum atomic E-state index is 13.8. The van der Waals surface area contributed by atoms with Crippen molar-refractivity contribution in [3.8, 4) is 11.3 Å². The second kappa shape index (κ2) is 8.75. The Balaban J connectivity index is 1.40. The number of aromatic amines is 1. The lowest BCUT2D eigenvalue weighted by molar-refractivity contribution is -0.137. The fourth-order valence-electron chi connectivity index (χ4n) is 6.63. The molecule has 5 heterocycles. The monoisotopic (exact) mass is 490 g/mol. The average molecular weight is 491 g/mol. The van der Waals surface area contributed by atoms with E-state index in [-0.39, 0.29) is 0 Å². The van der Waals surface area contributed by atoms with E-state index in [0.29, 0.717) is 18.0 Å². The number of H-pyrrole nitrogens is 1. The molecular weight excluding hydrogens is 452 g/mol. The van der Waals surface area contributed by atoms with Gasteiger partial charge in [0.15, 0.2) is 0 Å². The summed E-state index contributed by atoms with van der Waals surface area (Å²) in [5, 5.41) is 4.77. The predicted molar refractivity (Wildman–Crippen MR) is 145 cm³/mol. The number of nitrogens with zero attached hydrogens (tertiary/aromatic N) is 2. The number of hydrogen-bond donors (Lipinski definition) is 2. The van der Waals surface area contributed by atoms with E-state index < -0.39 is 5.41 Å². The van der Waals surface area contributed by atoms with Crippen LogP contribution in [0, 0.1) is 13.8 Å². The van der Waals surface area contributed by atoms with Crippen LogP contribution in [0.25, 0.3) is 21.5 Å². The minimum absolute atomic E-state index is 0.324. The molecule has 186 valence electrons. The summed E-state index contributed by atoms with van der Waals surface area (Å²) >= 11 is 1.78. The van der Waals surface area contributed by atoms with Gasteiger partial charge in [-0.1, -0.05) is 17.2 Å². The van der Waals surface area contributed by atoms with Crippen LogP contribution in [-0.4, -0.2) is 59.0 Å². The Bertz CT molecular complexity index is 1220. The predicted octanol–water partition coefficient (Wildman–Crippen LogP) is 5.35. The summed E-state index contributed by atoms with van der Waals surface area (Å²) in [7, 11) is 0. The van der Waals surface area contributed by atoms with E-state index in [1.54, 1.807) is 11.3 Å². The molecule has 0 aliphatic carbocycles. The fraction of sp³-hybridized carbons (Fsp3) is 0.552. The highest BCUT2D eigenvalue weighted by Gasteiger charge is 2.47. The van der Waals surface area contributed by atoms with Gasteiger partial charge < -0.3 is 15.2 Å². The number of carbonyl (C=O) groups excluding carboxylic acids is 1. The summed E-state index contributed by atoms with van der Waals surface area (Å²) < 4.78 is 0. The van der Waals surface area contributed by atoms with Crippen LogP contribution in [0.4, 0.5) is 0 Å². The maximum absolute atomic E-state index is 13.8. The molecule has 1 amide bonds. The molecule has 2 aromatic heterocycles. The zero-order valence-electron chi connectivity index (χ0n) is 21.5. The highest BCUT2D eigenvalue weighted by Crippen LogP contribution is 2.44. The van der Waals surface area contributed by atoms with Gasteiger partial charge in [0.05, 0.1) is 11.1 Å². The van der Waals surface area contributed by atoms with E-state index >= 15 is 0 Å². The standard InChI is InChI=1S/C29H38N4OS/c1-18-13-19(2)15-20(14-18)26-24(17-32-11-9-30-10-12-32)23-16-25(35-27(23)31-26)29(3,4)28(34)33-21-5-6-22(33)8-7-21/h13-16,21-22,30-31H,5-12,17H2,1-4H3. The molecule has 6 heteroatoms. The van der Waals surface area contributed by atoms with E-state index in [0.717, 1.165) is 32.7 Å². The largest absolute Gasteiger partial charge is 0.346 e. The van der Waals surface area contributed by atoms with Crippen molar-refractivity contribution in [2.75, 3.05) is 26.2 Å². The molecule has 2 bridgehead atoms. The highest BCUT2D eigenvalue weighted by atomic mass is 32.1. The van der Waals surface area contributed by atoms with E-state index in [4.69, 9.17) is 0 Å². The lowest BCUT2D eigenvalue weighted by atomic mass is 9.88. The number of thiophene rings is 1. The topological polar surface area (TPSA) is 51.4 Å². The molecule has 2 N–H and O–H groups in total. The van der Waals surface area contributed by atoms with Gasteiger partial charge in [0.2, 0.25) is 5.91 Å². The van der Waals surface area contributed by atoms with Gasteiger partial charge in [0.1, 0.15) is 4.83 Å². The minimum Gasteiger partial charge on any atom is -0.346 e. The number of nitrogens with one attached hydrogen (secondary N) is 2. The van der Waals surface area contributed by atoms with Crippen molar-refractivity contribution in [3.05, 3.63) is 45.8 Å². The third-order valence-corrected chi connectivity index (χ3v) is 9.91. The second-order valence-electron chi connectivity index (χ2n) is 11.5. The lowest BCUT2D eigenvalue weighted by Gasteiger charge is -2.31. The number of aromatic nitrogens is 1.